The quantitative estimate of drug-likeness (QED) is 0.693. The van der Waals surface area contributed by atoms with Gasteiger partial charge in [-0.05, 0) is 50.5 Å². The van der Waals surface area contributed by atoms with Crippen molar-refractivity contribution in [2.45, 2.75) is 51.0 Å². The molecule has 6 heteroatoms. The lowest BCUT2D eigenvalue weighted by molar-refractivity contribution is -0.129. The summed E-state index contributed by atoms with van der Waals surface area (Å²) in [7, 11) is 0. The molecule has 0 unspecified atom stereocenters. The third-order valence-electron chi connectivity index (χ3n) is 6.13. The first-order valence-corrected chi connectivity index (χ1v) is 10.4. The number of hydrogen-bond donors (Lipinski definition) is 1. The van der Waals surface area contributed by atoms with Crippen LogP contribution in [-0.4, -0.2) is 60.4 Å². The van der Waals surface area contributed by atoms with Gasteiger partial charge in [0, 0.05) is 30.6 Å². The Balaban J connectivity index is 1.74. The van der Waals surface area contributed by atoms with Gasteiger partial charge in [0.15, 0.2) is 0 Å². The monoisotopic (exact) mass is 391 g/mol. The molecule has 2 atom stereocenters. The SMILES string of the molecule is CCN(CC)CCCNC(=O)[C@]1(c2ccccc2Cl)C[C@@H]2CCC(=O)N2C1. The highest BCUT2D eigenvalue weighted by molar-refractivity contribution is 6.31. The number of halogens is 1. The van der Waals surface area contributed by atoms with Gasteiger partial charge < -0.3 is 15.1 Å². The Bertz CT molecular complexity index is 692. The highest BCUT2D eigenvalue weighted by Crippen LogP contribution is 2.45. The van der Waals surface area contributed by atoms with Crippen molar-refractivity contribution in [2.75, 3.05) is 32.7 Å². The zero-order valence-electron chi connectivity index (χ0n) is 16.3. The highest BCUT2D eigenvalue weighted by atomic mass is 35.5. The minimum Gasteiger partial charge on any atom is -0.355 e. The molecule has 148 valence electrons. The molecule has 2 aliphatic heterocycles. The molecule has 0 aromatic heterocycles. The van der Waals surface area contributed by atoms with Crippen molar-refractivity contribution >= 4 is 23.4 Å². The van der Waals surface area contributed by atoms with E-state index in [0.29, 0.717) is 31.0 Å². The maximum absolute atomic E-state index is 13.3. The van der Waals surface area contributed by atoms with E-state index in [1.807, 2.05) is 29.2 Å². The van der Waals surface area contributed by atoms with E-state index >= 15 is 0 Å². The third kappa shape index (κ3) is 3.99. The second-order valence-corrected chi connectivity index (χ2v) is 8.02. The average molecular weight is 392 g/mol. The maximum Gasteiger partial charge on any atom is 0.232 e. The van der Waals surface area contributed by atoms with Crippen LogP contribution in [-0.2, 0) is 15.0 Å². The van der Waals surface area contributed by atoms with Crippen LogP contribution in [0, 0.1) is 0 Å². The van der Waals surface area contributed by atoms with Gasteiger partial charge >= 0.3 is 0 Å². The topological polar surface area (TPSA) is 52.7 Å². The number of benzene rings is 1. The molecule has 1 N–H and O–H groups in total. The van der Waals surface area contributed by atoms with Crippen LogP contribution in [0.25, 0.3) is 0 Å². The minimum absolute atomic E-state index is 0.00246. The van der Waals surface area contributed by atoms with E-state index in [-0.39, 0.29) is 17.9 Å². The van der Waals surface area contributed by atoms with Crippen molar-refractivity contribution in [3.05, 3.63) is 34.9 Å². The molecular formula is C21H30ClN3O2. The Morgan fingerprint density at radius 2 is 2.07 bits per heavy atom. The third-order valence-corrected chi connectivity index (χ3v) is 6.46. The zero-order valence-corrected chi connectivity index (χ0v) is 17.1. The van der Waals surface area contributed by atoms with Gasteiger partial charge in [-0.25, -0.2) is 0 Å². The fourth-order valence-electron chi connectivity index (χ4n) is 4.53. The summed E-state index contributed by atoms with van der Waals surface area (Å²) in [5, 5.41) is 3.74. The van der Waals surface area contributed by atoms with Crippen LogP contribution >= 0.6 is 11.6 Å². The van der Waals surface area contributed by atoms with Gasteiger partial charge in [0.25, 0.3) is 0 Å². The molecule has 3 rings (SSSR count). The molecule has 1 aromatic carbocycles. The van der Waals surface area contributed by atoms with Gasteiger partial charge in [-0.2, -0.15) is 0 Å². The van der Waals surface area contributed by atoms with Crippen LogP contribution in [0.3, 0.4) is 0 Å². The summed E-state index contributed by atoms with van der Waals surface area (Å²) in [6, 6.07) is 7.71. The first-order valence-electron chi connectivity index (χ1n) is 10.1. The van der Waals surface area contributed by atoms with E-state index in [0.717, 1.165) is 38.0 Å². The maximum atomic E-state index is 13.3. The fourth-order valence-corrected chi connectivity index (χ4v) is 4.84. The summed E-state index contributed by atoms with van der Waals surface area (Å²) in [6.45, 7) is 8.38. The smallest absolute Gasteiger partial charge is 0.232 e. The lowest BCUT2D eigenvalue weighted by Gasteiger charge is -2.30. The van der Waals surface area contributed by atoms with Crippen LogP contribution in [0.5, 0.6) is 0 Å². The van der Waals surface area contributed by atoms with E-state index in [4.69, 9.17) is 11.6 Å². The number of carbonyl (C=O) groups is 2. The van der Waals surface area contributed by atoms with Crippen molar-refractivity contribution in [1.82, 2.24) is 15.1 Å². The molecular weight excluding hydrogens is 362 g/mol. The highest BCUT2D eigenvalue weighted by Gasteiger charge is 2.54. The Morgan fingerprint density at radius 3 is 2.74 bits per heavy atom. The number of nitrogens with one attached hydrogen (secondary N) is 1. The number of amides is 2. The predicted octanol–water partition coefficient (Wildman–Crippen LogP) is 2.82. The first-order chi connectivity index (χ1) is 13.0. The first kappa shape index (κ1) is 20.2. The molecule has 27 heavy (non-hydrogen) atoms. The van der Waals surface area contributed by atoms with E-state index < -0.39 is 5.41 Å². The second kappa shape index (κ2) is 8.61. The number of hydrogen-bond acceptors (Lipinski definition) is 3. The molecule has 0 aliphatic carbocycles. The molecule has 2 amide bonds. The van der Waals surface area contributed by atoms with Gasteiger partial charge in [-0.15, -0.1) is 0 Å². The molecule has 0 bridgehead atoms. The average Bonchev–Trinajstić information content (AvgIpc) is 3.22. The van der Waals surface area contributed by atoms with Crippen molar-refractivity contribution in [2.24, 2.45) is 0 Å². The fraction of sp³-hybridized carbons (Fsp3) is 0.619. The van der Waals surface area contributed by atoms with Gasteiger partial charge in [0.2, 0.25) is 11.8 Å². The molecule has 1 aromatic rings. The van der Waals surface area contributed by atoms with Gasteiger partial charge in [0.1, 0.15) is 0 Å². The molecule has 2 saturated heterocycles. The van der Waals surface area contributed by atoms with E-state index in [1.54, 1.807) is 0 Å². The Hall–Kier alpha value is -1.59. The van der Waals surface area contributed by atoms with Crippen molar-refractivity contribution in [1.29, 1.82) is 0 Å². The molecule has 0 spiro atoms. The predicted molar refractivity (Wildman–Crippen MR) is 108 cm³/mol. The second-order valence-electron chi connectivity index (χ2n) is 7.62. The number of rotatable bonds is 8. The summed E-state index contributed by atoms with van der Waals surface area (Å²) in [4.78, 5) is 29.8. The number of carbonyl (C=O) groups excluding carboxylic acids is 2. The van der Waals surface area contributed by atoms with Gasteiger partial charge in [-0.3, -0.25) is 9.59 Å². The van der Waals surface area contributed by atoms with E-state index in [9.17, 15) is 9.59 Å². The summed E-state index contributed by atoms with van der Waals surface area (Å²) in [5.41, 5.74) is 0.101. The Morgan fingerprint density at radius 1 is 1.33 bits per heavy atom. The van der Waals surface area contributed by atoms with Crippen LogP contribution in [0.4, 0.5) is 0 Å². The summed E-state index contributed by atoms with van der Waals surface area (Å²) in [6.07, 6.45) is 3.00. The van der Waals surface area contributed by atoms with Crippen LogP contribution in [0.15, 0.2) is 24.3 Å². The summed E-state index contributed by atoms with van der Waals surface area (Å²) in [5.74, 6) is 0.153. The number of fused-ring (bicyclic) bond motifs is 1. The molecule has 5 nitrogen and oxygen atoms in total. The zero-order chi connectivity index (χ0) is 19.4. The van der Waals surface area contributed by atoms with E-state index in [2.05, 4.69) is 24.1 Å². The molecule has 0 saturated carbocycles. The van der Waals surface area contributed by atoms with Gasteiger partial charge in [0.05, 0.1) is 5.41 Å². The molecule has 2 heterocycles. The summed E-state index contributed by atoms with van der Waals surface area (Å²) >= 11 is 6.48. The van der Waals surface area contributed by atoms with Crippen LogP contribution in [0.2, 0.25) is 5.02 Å². The Kier molecular flexibility index (Phi) is 6.43. The standard InChI is InChI=1S/C21H30ClN3O2/c1-3-24(4-2)13-7-12-23-20(27)21(17-8-5-6-9-18(17)22)14-16-10-11-19(26)25(16)15-21/h5-6,8-9,16H,3-4,7,10-15H2,1-2H3,(H,23,27)/t16-,21+/m0/s1. The normalized spacial score (nSPS) is 24.5. The number of nitrogens with zero attached hydrogens (tertiary/aromatic N) is 2. The van der Waals surface area contributed by atoms with Crippen molar-refractivity contribution < 1.29 is 9.59 Å². The van der Waals surface area contributed by atoms with Gasteiger partial charge in [-0.1, -0.05) is 43.6 Å². The summed E-state index contributed by atoms with van der Waals surface area (Å²) < 4.78 is 0. The molecule has 0 radical (unpaired) electrons. The van der Waals surface area contributed by atoms with Crippen molar-refractivity contribution in [3.63, 3.8) is 0 Å². The van der Waals surface area contributed by atoms with E-state index in [1.165, 1.54) is 0 Å². The lowest BCUT2D eigenvalue weighted by atomic mass is 9.76. The Labute approximate surface area is 167 Å². The lowest BCUT2D eigenvalue weighted by Crippen LogP contribution is -2.47. The molecule has 2 aliphatic rings. The van der Waals surface area contributed by atoms with Crippen LogP contribution in [0.1, 0.15) is 45.1 Å². The molecule has 2 fully saturated rings. The van der Waals surface area contributed by atoms with Crippen molar-refractivity contribution in [3.8, 4) is 0 Å². The largest absolute Gasteiger partial charge is 0.355 e. The van der Waals surface area contributed by atoms with Crippen LogP contribution < -0.4 is 5.32 Å². The minimum atomic E-state index is -0.742.